The van der Waals surface area contributed by atoms with Gasteiger partial charge in [-0.2, -0.15) is 5.10 Å². The lowest BCUT2D eigenvalue weighted by Crippen LogP contribution is -2.42. The Labute approximate surface area is 171 Å². The minimum atomic E-state index is -0.0767. The fourth-order valence-electron chi connectivity index (χ4n) is 4.37. The van der Waals surface area contributed by atoms with E-state index in [1.807, 2.05) is 17.0 Å². The third-order valence-electron chi connectivity index (χ3n) is 6.04. The maximum absolute atomic E-state index is 12.4. The topological polar surface area (TPSA) is 71.3 Å². The SMILES string of the molecule is O=C1CCCCCN1CCN1CCCC1Cn1nc(-c2cccnc2)ccc1=O. The molecule has 0 aliphatic carbocycles. The Morgan fingerprint density at radius 1 is 1.00 bits per heavy atom. The van der Waals surface area contributed by atoms with Gasteiger partial charge in [-0.05, 0) is 50.4 Å². The van der Waals surface area contributed by atoms with Crippen molar-refractivity contribution < 1.29 is 4.79 Å². The predicted octanol–water partition coefficient (Wildman–Crippen LogP) is 2.17. The monoisotopic (exact) mass is 395 g/mol. The van der Waals surface area contributed by atoms with Crippen molar-refractivity contribution in [2.24, 2.45) is 0 Å². The minimum absolute atomic E-state index is 0.0767. The Kier molecular flexibility index (Phi) is 6.34. The summed E-state index contributed by atoms with van der Waals surface area (Å²) in [7, 11) is 0. The Hall–Kier alpha value is -2.54. The molecule has 1 amide bonds. The Bertz CT molecular complexity index is 882. The summed E-state index contributed by atoms with van der Waals surface area (Å²) in [5.74, 6) is 0.292. The van der Waals surface area contributed by atoms with Gasteiger partial charge in [0.25, 0.3) is 5.56 Å². The average molecular weight is 396 g/mol. The quantitative estimate of drug-likeness (QED) is 0.750. The van der Waals surface area contributed by atoms with E-state index < -0.39 is 0 Å². The summed E-state index contributed by atoms with van der Waals surface area (Å²) >= 11 is 0. The zero-order valence-electron chi connectivity index (χ0n) is 16.9. The van der Waals surface area contributed by atoms with Crippen LogP contribution in [0.2, 0.25) is 0 Å². The van der Waals surface area contributed by atoms with Crippen LogP contribution < -0.4 is 5.56 Å². The van der Waals surface area contributed by atoms with Crippen LogP contribution in [0.5, 0.6) is 0 Å². The van der Waals surface area contributed by atoms with Gasteiger partial charge in [0.05, 0.1) is 12.2 Å². The van der Waals surface area contributed by atoms with Gasteiger partial charge >= 0.3 is 0 Å². The zero-order chi connectivity index (χ0) is 20.1. The van der Waals surface area contributed by atoms with Crippen LogP contribution >= 0.6 is 0 Å². The first kappa shape index (κ1) is 19.8. The summed E-state index contributed by atoms with van der Waals surface area (Å²) < 4.78 is 1.59. The first-order valence-corrected chi connectivity index (χ1v) is 10.7. The molecule has 154 valence electrons. The molecular weight excluding hydrogens is 366 g/mol. The van der Waals surface area contributed by atoms with Gasteiger partial charge in [0.1, 0.15) is 0 Å². The van der Waals surface area contributed by atoms with Gasteiger partial charge in [0, 0.05) is 56.1 Å². The molecule has 1 unspecified atom stereocenters. The molecule has 7 heteroatoms. The molecule has 29 heavy (non-hydrogen) atoms. The van der Waals surface area contributed by atoms with Crippen molar-refractivity contribution in [1.82, 2.24) is 24.6 Å². The van der Waals surface area contributed by atoms with Crippen LogP contribution in [0.25, 0.3) is 11.3 Å². The Balaban J connectivity index is 1.42. The number of carbonyl (C=O) groups excluding carboxylic acids is 1. The normalized spacial score (nSPS) is 20.8. The van der Waals surface area contributed by atoms with E-state index in [1.54, 1.807) is 29.2 Å². The lowest BCUT2D eigenvalue weighted by Gasteiger charge is -2.28. The van der Waals surface area contributed by atoms with E-state index >= 15 is 0 Å². The van der Waals surface area contributed by atoms with Crippen LogP contribution in [0, 0.1) is 0 Å². The van der Waals surface area contributed by atoms with Gasteiger partial charge in [-0.1, -0.05) is 6.42 Å². The second-order valence-electron chi connectivity index (χ2n) is 8.00. The van der Waals surface area contributed by atoms with E-state index in [4.69, 9.17) is 0 Å². The Morgan fingerprint density at radius 3 is 2.79 bits per heavy atom. The van der Waals surface area contributed by atoms with Crippen LogP contribution in [0.4, 0.5) is 0 Å². The van der Waals surface area contributed by atoms with Crippen LogP contribution in [0.1, 0.15) is 38.5 Å². The van der Waals surface area contributed by atoms with Crippen molar-refractivity contribution in [2.45, 2.75) is 51.1 Å². The first-order valence-electron chi connectivity index (χ1n) is 10.7. The average Bonchev–Trinajstić information content (AvgIpc) is 3.08. The number of nitrogens with zero attached hydrogens (tertiary/aromatic N) is 5. The number of aromatic nitrogens is 3. The smallest absolute Gasteiger partial charge is 0.266 e. The van der Waals surface area contributed by atoms with Gasteiger partial charge in [-0.15, -0.1) is 0 Å². The first-order chi connectivity index (χ1) is 14.2. The summed E-state index contributed by atoms with van der Waals surface area (Å²) in [4.78, 5) is 33.2. The lowest BCUT2D eigenvalue weighted by molar-refractivity contribution is -0.130. The molecule has 2 aromatic heterocycles. The molecule has 0 N–H and O–H groups in total. The highest BCUT2D eigenvalue weighted by Gasteiger charge is 2.26. The van der Waals surface area contributed by atoms with Gasteiger partial charge < -0.3 is 4.90 Å². The van der Waals surface area contributed by atoms with E-state index in [1.165, 1.54) is 0 Å². The molecular formula is C22H29N5O2. The molecule has 2 aliphatic heterocycles. The molecule has 0 spiro atoms. The highest BCUT2D eigenvalue weighted by atomic mass is 16.2. The fourth-order valence-corrected chi connectivity index (χ4v) is 4.37. The third kappa shape index (κ3) is 4.90. The van der Waals surface area contributed by atoms with Crippen LogP contribution in [0.15, 0.2) is 41.5 Å². The van der Waals surface area contributed by atoms with E-state index in [0.29, 0.717) is 18.9 Å². The molecule has 2 aliphatic rings. The summed E-state index contributed by atoms with van der Waals surface area (Å²) in [6.07, 6.45) is 9.62. The predicted molar refractivity (Wildman–Crippen MR) is 111 cm³/mol. The van der Waals surface area contributed by atoms with Crippen molar-refractivity contribution in [3.63, 3.8) is 0 Å². The van der Waals surface area contributed by atoms with Gasteiger partial charge in [-0.25, -0.2) is 4.68 Å². The molecule has 0 saturated carbocycles. The molecule has 0 bridgehead atoms. The van der Waals surface area contributed by atoms with E-state index in [0.717, 1.165) is 69.5 Å². The van der Waals surface area contributed by atoms with Gasteiger partial charge in [0.2, 0.25) is 5.91 Å². The van der Waals surface area contributed by atoms with Crippen molar-refractivity contribution in [1.29, 1.82) is 0 Å². The van der Waals surface area contributed by atoms with Gasteiger partial charge in [0.15, 0.2) is 0 Å². The molecule has 0 aromatic carbocycles. The molecule has 2 saturated heterocycles. The molecule has 2 fully saturated rings. The lowest BCUT2D eigenvalue weighted by atomic mass is 10.2. The summed E-state index contributed by atoms with van der Waals surface area (Å²) in [5, 5.41) is 4.59. The Morgan fingerprint density at radius 2 is 1.93 bits per heavy atom. The van der Waals surface area contributed by atoms with Crippen molar-refractivity contribution in [3.05, 3.63) is 47.0 Å². The zero-order valence-corrected chi connectivity index (χ0v) is 16.9. The maximum Gasteiger partial charge on any atom is 0.266 e. The number of carbonyl (C=O) groups is 1. The highest BCUT2D eigenvalue weighted by Crippen LogP contribution is 2.20. The number of hydrogen-bond acceptors (Lipinski definition) is 5. The molecule has 1 atom stereocenters. The van der Waals surface area contributed by atoms with Gasteiger partial charge in [-0.3, -0.25) is 19.5 Å². The number of pyridine rings is 1. The van der Waals surface area contributed by atoms with Crippen LogP contribution in [0.3, 0.4) is 0 Å². The highest BCUT2D eigenvalue weighted by molar-refractivity contribution is 5.76. The number of hydrogen-bond donors (Lipinski definition) is 0. The standard InChI is InChI=1S/C22H29N5O2/c28-21-8-2-1-3-12-26(21)15-14-25-13-5-7-19(25)17-27-22(29)10-9-20(24-27)18-6-4-11-23-16-18/h4,6,9-11,16,19H,1-3,5,7-8,12-15,17H2. The van der Waals surface area contributed by atoms with E-state index in [-0.39, 0.29) is 11.6 Å². The molecule has 7 nitrogen and oxygen atoms in total. The number of amides is 1. The van der Waals surface area contributed by atoms with E-state index in [2.05, 4.69) is 15.0 Å². The summed E-state index contributed by atoms with van der Waals surface area (Å²) in [6.45, 7) is 4.14. The fraction of sp³-hybridized carbons (Fsp3) is 0.545. The molecule has 4 rings (SSSR count). The third-order valence-corrected chi connectivity index (χ3v) is 6.04. The molecule has 2 aromatic rings. The molecule has 4 heterocycles. The summed E-state index contributed by atoms with van der Waals surface area (Å²) in [5.41, 5.74) is 1.59. The van der Waals surface area contributed by atoms with Crippen molar-refractivity contribution in [3.8, 4) is 11.3 Å². The van der Waals surface area contributed by atoms with Crippen molar-refractivity contribution in [2.75, 3.05) is 26.2 Å². The second-order valence-corrected chi connectivity index (χ2v) is 8.00. The van der Waals surface area contributed by atoms with Crippen LogP contribution in [-0.2, 0) is 11.3 Å². The maximum atomic E-state index is 12.4. The molecule has 0 radical (unpaired) electrons. The number of likely N-dealkylation sites (tertiary alicyclic amines) is 2. The van der Waals surface area contributed by atoms with Crippen LogP contribution in [-0.4, -0.2) is 62.7 Å². The summed E-state index contributed by atoms with van der Waals surface area (Å²) in [6, 6.07) is 7.45. The number of rotatable bonds is 6. The minimum Gasteiger partial charge on any atom is -0.341 e. The second kappa shape index (κ2) is 9.31. The van der Waals surface area contributed by atoms with E-state index in [9.17, 15) is 9.59 Å². The largest absolute Gasteiger partial charge is 0.341 e. The van der Waals surface area contributed by atoms with Crippen molar-refractivity contribution >= 4 is 5.91 Å².